The minimum absolute atomic E-state index is 0.0428. The van der Waals surface area contributed by atoms with Crippen LogP contribution in [0.5, 0.6) is 0 Å². The van der Waals surface area contributed by atoms with Crippen LogP contribution in [0.1, 0.15) is 26.7 Å². The van der Waals surface area contributed by atoms with E-state index in [1.54, 1.807) is 11.8 Å². The fourth-order valence-electron chi connectivity index (χ4n) is 6.53. The minimum Gasteiger partial charge on any atom is -0.477 e. The Labute approximate surface area is 245 Å². The summed E-state index contributed by atoms with van der Waals surface area (Å²) in [4.78, 5) is 54.9. The van der Waals surface area contributed by atoms with Crippen LogP contribution in [-0.2, 0) is 25.7 Å². The van der Waals surface area contributed by atoms with Crippen LogP contribution in [0.25, 0.3) is 0 Å². The topological polar surface area (TPSA) is 245 Å². The molecule has 8 N–H and O–H groups in total. The fourth-order valence-corrected chi connectivity index (χ4v) is 8.01. The number of rotatable bonds is 10. The van der Waals surface area contributed by atoms with Crippen molar-refractivity contribution in [2.24, 2.45) is 17.6 Å². The molecule has 0 bridgehead atoms. The Morgan fingerprint density at radius 3 is 2.74 bits per heavy atom. The van der Waals surface area contributed by atoms with Gasteiger partial charge in [0.2, 0.25) is 17.7 Å². The van der Waals surface area contributed by atoms with Crippen LogP contribution < -0.4 is 21.7 Å². The summed E-state index contributed by atoms with van der Waals surface area (Å²) in [6.07, 6.45) is 2.22. The molecule has 42 heavy (non-hydrogen) atoms. The number of aliphatic carboxylic acids is 1. The van der Waals surface area contributed by atoms with Gasteiger partial charge in [0.15, 0.2) is 5.96 Å². The van der Waals surface area contributed by atoms with Crippen molar-refractivity contribution in [2.75, 3.05) is 19.7 Å². The number of amides is 3. The summed E-state index contributed by atoms with van der Waals surface area (Å²) in [5, 5.41) is 46.7. The molecule has 0 aromatic carbocycles. The van der Waals surface area contributed by atoms with Gasteiger partial charge in [-0.15, -0.1) is 16.9 Å². The molecule has 8 atom stereocenters. The Morgan fingerprint density at radius 1 is 1.33 bits per heavy atom. The molecule has 5 heterocycles. The van der Waals surface area contributed by atoms with Crippen molar-refractivity contribution < 1.29 is 29.4 Å². The highest BCUT2D eigenvalue weighted by atomic mass is 32.2. The van der Waals surface area contributed by atoms with Gasteiger partial charge < -0.3 is 41.7 Å². The molecule has 1 aromatic rings. The summed E-state index contributed by atoms with van der Waals surface area (Å²) < 4.78 is 1.26. The summed E-state index contributed by atoms with van der Waals surface area (Å²) in [6.45, 7) is 4.07. The number of nitrogens with zero attached hydrogens (tertiary/aromatic N) is 6. The number of β-lactam (4-membered cyclic amide) rings is 1. The largest absolute Gasteiger partial charge is 0.477 e. The Morgan fingerprint density at radius 2 is 2.10 bits per heavy atom. The van der Waals surface area contributed by atoms with Gasteiger partial charge >= 0.3 is 5.97 Å². The number of aromatic nitrogens is 4. The quantitative estimate of drug-likeness (QED) is 0.0793. The highest BCUT2D eigenvalue weighted by Gasteiger charge is 2.60. The van der Waals surface area contributed by atoms with E-state index >= 15 is 0 Å². The molecule has 0 spiro atoms. The van der Waals surface area contributed by atoms with Gasteiger partial charge in [0, 0.05) is 41.2 Å². The first-order valence-electron chi connectivity index (χ1n) is 13.7. The molecule has 1 unspecified atom stereocenters. The van der Waals surface area contributed by atoms with E-state index in [1.165, 1.54) is 27.7 Å². The van der Waals surface area contributed by atoms with Crippen molar-refractivity contribution >= 4 is 41.4 Å². The maximum absolute atomic E-state index is 13.4. The number of hydrogen-bond donors (Lipinski definition) is 7. The van der Waals surface area contributed by atoms with Crippen LogP contribution in [0.2, 0.25) is 0 Å². The average molecular weight is 606 g/mol. The molecule has 4 aliphatic rings. The highest BCUT2D eigenvalue weighted by Crippen LogP contribution is 2.51. The monoisotopic (exact) mass is 605 g/mol. The predicted octanol–water partition coefficient (Wildman–Crippen LogP) is -3.14. The first kappa shape index (κ1) is 29.7. The Balaban J connectivity index is 1.22. The molecule has 1 aromatic heterocycles. The molecule has 0 radical (unpaired) electrons. The summed E-state index contributed by atoms with van der Waals surface area (Å²) in [5.74, 6) is -3.16. The van der Waals surface area contributed by atoms with E-state index in [1.807, 2.05) is 6.92 Å². The van der Waals surface area contributed by atoms with E-state index in [0.717, 1.165) is 0 Å². The van der Waals surface area contributed by atoms with E-state index in [9.17, 15) is 29.4 Å². The van der Waals surface area contributed by atoms with Gasteiger partial charge in [0.25, 0.3) is 0 Å². The number of tetrazole rings is 1. The maximum Gasteiger partial charge on any atom is 0.353 e. The number of nitrogens with one attached hydrogen (secondary N) is 4. The smallest absolute Gasteiger partial charge is 0.353 e. The van der Waals surface area contributed by atoms with Gasteiger partial charge in [-0.3, -0.25) is 19.8 Å². The Hall–Kier alpha value is -3.77. The normalized spacial score (nSPS) is 31.1. The third kappa shape index (κ3) is 5.52. The van der Waals surface area contributed by atoms with Crippen LogP contribution in [-0.4, -0.2) is 125 Å². The van der Waals surface area contributed by atoms with Crippen LogP contribution in [0.15, 0.2) is 16.9 Å². The van der Waals surface area contributed by atoms with E-state index < -0.39 is 30.0 Å². The molecular formula is C24H35N11O6S. The fraction of sp³-hybridized carbons (Fsp3) is 0.667. The Kier molecular flexibility index (Phi) is 8.38. The summed E-state index contributed by atoms with van der Waals surface area (Å²) in [7, 11) is 0. The SMILES string of the molecule is C[C@@H](NC(=O)Cn1cnnn1)[C@H]1C(=O)N2C(C(=O)O)=C(S[C@@H]3CN[C@H](C(=O)N4C[C@@H](NC(=N)N)CC4CO)C3)[C@H](C)[C@H]12. The minimum atomic E-state index is -1.19. The number of guanidine groups is 1. The van der Waals surface area contributed by atoms with Gasteiger partial charge in [0.1, 0.15) is 18.6 Å². The molecule has 0 saturated carbocycles. The first-order valence-corrected chi connectivity index (χ1v) is 14.6. The molecule has 4 aliphatic heterocycles. The van der Waals surface area contributed by atoms with Crippen molar-refractivity contribution in [1.82, 2.24) is 46.0 Å². The lowest BCUT2D eigenvalue weighted by Gasteiger charge is -2.47. The molecule has 3 saturated heterocycles. The number of carboxylic acids is 1. The van der Waals surface area contributed by atoms with Gasteiger partial charge in [-0.1, -0.05) is 6.92 Å². The lowest BCUT2D eigenvalue weighted by molar-refractivity contribution is -0.158. The van der Waals surface area contributed by atoms with E-state index in [4.69, 9.17) is 11.1 Å². The zero-order valence-electron chi connectivity index (χ0n) is 23.1. The number of hydrogen-bond acceptors (Lipinski definition) is 11. The number of fused-ring (bicyclic) bond motifs is 1. The number of thioether (sulfide) groups is 1. The van der Waals surface area contributed by atoms with Crippen molar-refractivity contribution in [2.45, 2.75) is 68.7 Å². The van der Waals surface area contributed by atoms with E-state index in [0.29, 0.717) is 30.8 Å². The molecule has 18 heteroatoms. The number of likely N-dealkylation sites (tertiary alicyclic amines) is 1. The second-order valence-electron chi connectivity index (χ2n) is 11.1. The molecule has 228 valence electrons. The third-order valence-corrected chi connectivity index (χ3v) is 9.88. The van der Waals surface area contributed by atoms with Crippen molar-refractivity contribution in [3.63, 3.8) is 0 Å². The second kappa shape index (κ2) is 11.8. The number of aliphatic hydroxyl groups excluding tert-OH is 1. The van der Waals surface area contributed by atoms with Crippen molar-refractivity contribution in [1.29, 1.82) is 5.41 Å². The molecule has 17 nitrogen and oxygen atoms in total. The number of carbonyl (C=O) groups is 4. The lowest BCUT2D eigenvalue weighted by atomic mass is 9.78. The number of carbonyl (C=O) groups excluding carboxylic acids is 3. The number of aliphatic hydroxyl groups is 1. The molecule has 0 aliphatic carbocycles. The molecule has 3 fully saturated rings. The van der Waals surface area contributed by atoms with Gasteiger partial charge in [-0.2, -0.15) is 0 Å². The molecule has 3 amide bonds. The first-order chi connectivity index (χ1) is 20.0. The zero-order chi connectivity index (χ0) is 30.3. The highest BCUT2D eigenvalue weighted by molar-refractivity contribution is 8.03. The Bertz CT molecular complexity index is 1290. The summed E-state index contributed by atoms with van der Waals surface area (Å²) in [6, 6.07) is -2.08. The average Bonchev–Trinajstić information content (AvgIpc) is 3.71. The van der Waals surface area contributed by atoms with Crippen molar-refractivity contribution in [3.8, 4) is 0 Å². The summed E-state index contributed by atoms with van der Waals surface area (Å²) >= 11 is 1.37. The maximum atomic E-state index is 13.4. The van der Waals surface area contributed by atoms with Crippen molar-refractivity contribution in [3.05, 3.63) is 16.9 Å². The van der Waals surface area contributed by atoms with Crippen LogP contribution >= 0.6 is 11.8 Å². The van der Waals surface area contributed by atoms with Crippen LogP contribution in [0.4, 0.5) is 0 Å². The predicted molar refractivity (Wildman–Crippen MR) is 147 cm³/mol. The molecule has 5 rings (SSSR count). The van der Waals surface area contributed by atoms with Gasteiger partial charge in [-0.25, -0.2) is 9.48 Å². The standard InChI is InChI=1S/C24H35N11O6S/c1-10-18-17(11(2)29-16(37)7-33-9-28-31-32-33)22(39)35(18)19(23(40)41)20(10)42-14-4-15(27-5-14)21(38)34-6-12(30-24(25)26)3-13(34)8-36/h9-15,17-18,27,36H,3-8H2,1-2H3,(H,29,37)(H,40,41)(H4,25,26,30)/t10-,11-,12+,13?,14+,15+,17-,18-/m1/s1. The van der Waals surface area contributed by atoms with Crippen LogP contribution in [0, 0.1) is 17.2 Å². The summed E-state index contributed by atoms with van der Waals surface area (Å²) in [5.41, 5.74) is 5.40. The van der Waals surface area contributed by atoms with E-state index in [-0.39, 0.29) is 65.8 Å². The van der Waals surface area contributed by atoms with Crippen LogP contribution in [0.3, 0.4) is 0 Å². The molecular weight excluding hydrogens is 570 g/mol. The number of carboxylic acid groups (broad SMARTS) is 1. The van der Waals surface area contributed by atoms with Gasteiger partial charge in [0.05, 0.1) is 30.7 Å². The van der Waals surface area contributed by atoms with E-state index in [2.05, 4.69) is 31.5 Å². The second-order valence-corrected chi connectivity index (χ2v) is 12.5. The lowest BCUT2D eigenvalue weighted by Crippen LogP contribution is -2.66. The zero-order valence-corrected chi connectivity index (χ0v) is 24.0. The number of nitrogens with two attached hydrogens (primary N) is 1. The van der Waals surface area contributed by atoms with Gasteiger partial charge in [-0.05, 0) is 30.2 Å². The third-order valence-electron chi connectivity index (χ3n) is 8.37.